The van der Waals surface area contributed by atoms with Gasteiger partial charge >= 0.3 is 0 Å². The number of benzene rings is 6. The Hall–Kier alpha value is -8.51. The number of nitrogens with one attached hydrogen (secondary N) is 1. The molecule has 4 atom stereocenters. The van der Waals surface area contributed by atoms with Crippen LogP contribution in [0, 0.1) is 20.2 Å². The van der Waals surface area contributed by atoms with E-state index < -0.39 is 29.9 Å². The lowest BCUT2D eigenvalue weighted by molar-refractivity contribution is -0.385. The van der Waals surface area contributed by atoms with E-state index in [0.29, 0.717) is 73.2 Å². The van der Waals surface area contributed by atoms with Gasteiger partial charge in [0.25, 0.3) is 31.4 Å². The third-order valence-corrected chi connectivity index (χ3v) is 18.4. The van der Waals surface area contributed by atoms with Gasteiger partial charge in [0.2, 0.25) is 11.2 Å². The number of hydrogen-bond acceptors (Lipinski definition) is 16. The molecule has 2 aliphatic carbocycles. The first-order chi connectivity index (χ1) is 40.9. The number of hydrogen-bond donors (Lipinski definition) is 2. The van der Waals surface area contributed by atoms with Gasteiger partial charge in [-0.2, -0.15) is 0 Å². The second-order valence-corrected chi connectivity index (χ2v) is 24.8. The van der Waals surface area contributed by atoms with Crippen molar-refractivity contribution in [2.75, 3.05) is 5.32 Å². The fourth-order valence-electron chi connectivity index (χ4n) is 10.2. The summed E-state index contributed by atoms with van der Waals surface area (Å²) < 4.78 is 67.7. The molecule has 12 rings (SSSR count). The van der Waals surface area contributed by atoms with Gasteiger partial charge in [-0.1, -0.05) is 96.0 Å². The van der Waals surface area contributed by atoms with Crippen molar-refractivity contribution in [3.63, 3.8) is 0 Å². The number of nitro benzene ring substituents is 2. The van der Waals surface area contributed by atoms with E-state index in [9.17, 15) is 37.1 Å². The molecule has 4 aromatic heterocycles. The maximum absolute atomic E-state index is 13.6. The largest absolute Gasteiger partial charge is 0.490 e. The predicted molar refractivity (Wildman–Crippen MR) is 326 cm³/mol. The number of anilines is 1. The van der Waals surface area contributed by atoms with E-state index in [1.54, 1.807) is 115 Å². The summed E-state index contributed by atoms with van der Waals surface area (Å²) in [6.45, 7) is 0. The Labute approximate surface area is 503 Å². The number of rotatable bonds is 14. The molecule has 85 heavy (non-hydrogen) atoms. The summed E-state index contributed by atoms with van der Waals surface area (Å²) in [6, 6.07) is 43.4. The summed E-state index contributed by atoms with van der Waals surface area (Å²) in [4.78, 5) is 38.1. The van der Waals surface area contributed by atoms with E-state index in [0.717, 1.165) is 44.9 Å². The van der Waals surface area contributed by atoms with Crippen LogP contribution in [0.4, 0.5) is 17.3 Å². The van der Waals surface area contributed by atoms with Crippen LogP contribution in [-0.2, 0) is 20.0 Å². The third-order valence-electron chi connectivity index (χ3n) is 14.3. The number of halogens is 3. The monoisotopic (exact) mass is 1240 g/mol. The molecule has 436 valence electrons. The van der Waals surface area contributed by atoms with Gasteiger partial charge in [-0.05, 0) is 117 Å². The lowest BCUT2D eigenvalue weighted by atomic mass is 9.93. The SMILES string of the molecule is NC1CCCC(Oc2ccc([N+](=O)[O-])cc2)C1.O=S(=O)(c1ccccc1)n1cc(-c2nc(Cl)ncc2Cl)c2ccccc21.O=[N+]([O-])c1ccc(OC2CCCC(Nc3ncc(Cl)c(-c4cn(S(=O)(=O)c5ccccc5)c5ccccc45)n3)C2)cc1. The normalized spacial score (nSPS) is 16.9. The molecule has 4 unspecified atom stereocenters. The predicted octanol–water partition coefficient (Wildman–Crippen LogP) is 13.6. The van der Waals surface area contributed by atoms with Crippen LogP contribution in [0.25, 0.3) is 44.3 Å². The lowest BCUT2D eigenvalue weighted by Crippen LogP contribution is -2.33. The van der Waals surface area contributed by atoms with Crippen molar-refractivity contribution < 1.29 is 36.2 Å². The quantitative estimate of drug-likeness (QED) is 0.0582. The molecule has 2 saturated carbocycles. The highest BCUT2D eigenvalue weighted by molar-refractivity contribution is 7.90. The van der Waals surface area contributed by atoms with E-state index in [2.05, 4.69) is 20.3 Å². The summed E-state index contributed by atoms with van der Waals surface area (Å²) in [5.74, 6) is 1.63. The van der Waals surface area contributed by atoms with Crippen LogP contribution in [0.3, 0.4) is 0 Å². The van der Waals surface area contributed by atoms with Crippen LogP contribution < -0.4 is 20.5 Å². The zero-order valence-electron chi connectivity index (χ0n) is 45.0. The summed E-state index contributed by atoms with van der Waals surface area (Å²) in [6.07, 6.45) is 13.4. The maximum atomic E-state index is 13.6. The molecule has 2 aliphatic rings. The summed E-state index contributed by atoms with van der Waals surface area (Å²) in [7, 11) is -7.65. The minimum atomic E-state index is -3.87. The van der Waals surface area contributed by atoms with Crippen molar-refractivity contribution in [2.24, 2.45) is 5.73 Å². The van der Waals surface area contributed by atoms with Gasteiger partial charge in [-0.25, -0.2) is 44.7 Å². The molecular formula is C60H53Cl3N10O10S2. The van der Waals surface area contributed by atoms with Crippen molar-refractivity contribution in [1.29, 1.82) is 0 Å². The van der Waals surface area contributed by atoms with Gasteiger partial charge in [0, 0.05) is 77.1 Å². The Kier molecular flexibility index (Phi) is 18.4. The van der Waals surface area contributed by atoms with E-state index in [1.807, 2.05) is 24.3 Å². The second-order valence-electron chi connectivity index (χ2n) is 20.0. The van der Waals surface area contributed by atoms with Gasteiger partial charge in [-0.15, -0.1) is 0 Å². The molecule has 4 heterocycles. The van der Waals surface area contributed by atoms with Crippen molar-refractivity contribution in [3.05, 3.63) is 218 Å². The number of non-ortho nitro benzene ring substituents is 2. The number of nitro groups is 2. The first-order valence-corrected chi connectivity index (χ1v) is 30.8. The molecule has 20 nitrogen and oxygen atoms in total. The van der Waals surface area contributed by atoms with Gasteiger partial charge in [0.1, 0.15) is 23.7 Å². The van der Waals surface area contributed by atoms with Gasteiger partial charge in [-0.3, -0.25) is 20.2 Å². The lowest BCUT2D eigenvalue weighted by Gasteiger charge is -2.30. The Morgan fingerprint density at radius 1 is 0.541 bits per heavy atom. The van der Waals surface area contributed by atoms with Crippen molar-refractivity contribution in [2.45, 2.75) is 85.4 Å². The number of nitrogens with zero attached hydrogens (tertiary/aromatic N) is 8. The third kappa shape index (κ3) is 13.9. The van der Waals surface area contributed by atoms with Crippen LogP contribution >= 0.6 is 34.8 Å². The second kappa shape index (κ2) is 26.2. The van der Waals surface area contributed by atoms with Gasteiger partial charge in [0.05, 0.1) is 64.5 Å². The average molecular weight is 1240 g/mol. The van der Waals surface area contributed by atoms with Crippen LogP contribution in [0.2, 0.25) is 15.3 Å². The van der Waals surface area contributed by atoms with Crippen molar-refractivity contribution >= 4 is 94.0 Å². The standard InChI is InChI=1S/C30H26ClN5O5S.C18H11Cl2N3O2S.C12H16N2O3/c31-27-18-32-30(33-20-7-6-8-23(17-20)41-22-15-13-21(14-16-22)36(37)38)34-29(27)26-19-35(28-12-5-4-11-25(26)28)42(39,40)24-9-2-1-3-10-24;19-15-10-21-18(20)22-17(15)14-11-23(16-9-5-4-8-13(14)16)26(24,25)12-6-2-1-3-7-12;13-9-2-1-3-12(8-9)17-11-6-4-10(5-7-11)14(15)16/h1-5,9-16,18-20,23H,6-8,17H2,(H,32,33,34);1-11H;4-7,9,12H,1-3,8,13H2. The number of fused-ring (bicyclic) bond motifs is 2. The molecule has 6 aromatic carbocycles. The highest BCUT2D eigenvalue weighted by Gasteiger charge is 2.28. The summed E-state index contributed by atoms with van der Waals surface area (Å²) >= 11 is 18.7. The van der Waals surface area contributed by atoms with Gasteiger partial charge in [0.15, 0.2) is 0 Å². The van der Waals surface area contributed by atoms with E-state index >= 15 is 0 Å². The molecule has 3 N–H and O–H groups in total. The number of para-hydroxylation sites is 2. The topological polar surface area (TPSA) is 272 Å². The van der Waals surface area contributed by atoms with E-state index in [1.165, 1.54) is 50.8 Å². The molecule has 0 radical (unpaired) electrons. The molecule has 0 spiro atoms. The first kappa shape index (κ1) is 59.6. The van der Waals surface area contributed by atoms with Gasteiger partial charge < -0.3 is 20.5 Å². The summed E-state index contributed by atoms with van der Waals surface area (Å²) in [5, 5.41) is 26.8. The molecule has 0 amide bonds. The molecule has 0 saturated heterocycles. The Morgan fingerprint density at radius 2 is 0.976 bits per heavy atom. The number of aromatic nitrogens is 6. The van der Waals surface area contributed by atoms with Crippen LogP contribution in [0.5, 0.6) is 11.5 Å². The Balaban J connectivity index is 0.000000158. The minimum absolute atomic E-state index is 0.0158. The van der Waals surface area contributed by atoms with Crippen LogP contribution in [-0.4, -0.2) is 78.9 Å². The Bertz CT molecular complexity index is 4260. The molecule has 0 bridgehead atoms. The van der Waals surface area contributed by atoms with Crippen LogP contribution in [0.1, 0.15) is 51.4 Å². The first-order valence-electron chi connectivity index (χ1n) is 26.8. The fraction of sp³-hybridized carbons (Fsp3) is 0.200. The summed E-state index contributed by atoms with van der Waals surface area (Å²) in [5.41, 5.74) is 8.94. The smallest absolute Gasteiger partial charge is 0.269 e. The molecular weight excluding hydrogens is 1190 g/mol. The average Bonchev–Trinajstić information content (AvgIpc) is 1.98. The van der Waals surface area contributed by atoms with Crippen molar-refractivity contribution in [3.8, 4) is 34.0 Å². The molecule has 0 aliphatic heterocycles. The maximum Gasteiger partial charge on any atom is 0.269 e. The highest BCUT2D eigenvalue weighted by Crippen LogP contribution is 2.38. The molecule has 25 heteroatoms. The zero-order valence-corrected chi connectivity index (χ0v) is 48.9. The van der Waals surface area contributed by atoms with Crippen molar-refractivity contribution in [1.82, 2.24) is 27.9 Å². The number of ether oxygens (including phenoxy) is 2. The van der Waals surface area contributed by atoms with E-state index in [4.69, 9.17) is 55.0 Å². The van der Waals surface area contributed by atoms with E-state index in [-0.39, 0.29) is 55.8 Å². The van der Waals surface area contributed by atoms with Crippen LogP contribution in [0.15, 0.2) is 192 Å². The Morgan fingerprint density at radius 3 is 1.46 bits per heavy atom. The molecule has 2 fully saturated rings. The zero-order chi connectivity index (χ0) is 59.8. The minimum Gasteiger partial charge on any atom is -0.490 e. The fourth-order valence-corrected chi connectivity index (χ4v) is 13.5. The molecule has 10 aromatic rings. The highest BCUT2D eigenvalue weighted by atomic mass is 35.5. The number of nitrogens with two attached hydrogens (primary N) is 1.